The Labute approximate surface area is 147 Å². The number of nitrogens with zero attached hydrogens (tertiary/aromatic N) is 3. The molecular formula is C15H20Cl2N4O2. The van der Waals surface area contributed by atoms with E-state index in [1.165, 1.54) is 0 Å². The van der Waals surface area contributed by atoms with E-state index in [9.17, 15) is 4.79 Å². The van der Waals surface area contributed by atoms with Crippen molar-refractivity contribution in [2.45, 2.75) is 18.9 Å². The summed E-state index contributed by atoms with van der Waals surface area (Å²) >= 11 is 0. The van der Waals surface area contributed by atoms with Gasteiger partial charge in [-0.2, -0.15) is 0 Å². The molecular weight excluding hydrogens is 339 g/mol. The molecule has 0 aromatic carbocycles. The second-order valence-corrected chi connectivity index (χ2v) is 5.20. The Bertz CT molecular complexity index is 621. The summed E-state index contributed by atoms with van der Waals surface area (Å²) in [4.78, 5) is 18.3. The molecule has 1 N–H and O–H groups in total. The average molecular weight is 359 g/mol. The van der Waals surface area contributed by atoms with Gasteiger partial charge in [0.1, 0.15) is 0 Å². The van der Waals surface area contributed by atoms with Crippen LogP contribution in [0.4, 0.5) is 0 Å². The third-order valence-corrected chi connectivity index (χ3v) is 3.79. The van der Waals surface area contributed by atoms with E-state index in [1.807, 2.05) is 24.1 Å². The summed E-state index contributed by atoms with van der Waals surface area (Å²) in [5, 5.41) is 7.13. The molecule has 0 radical (unpaired) electrons. The fraction of sp³-hybridized carbons (Fsp3) is 0.400. The molecule has 0 aliphatic carbocycles. The van der Waals surface area contributed by atoms with Crippen LogP contribution < -0.4 is 5.32 Å². The molecule has 2 aromatic rings. The number of nitrogens with one attached hydrogen (secondary N) is 1. The number of carbonyl (C=O) groups excluding carboxylic acids is 1. The lowest BCUT2D eigenvalue weighted by molar-refractivity contribution is 0.0688. The fourth-order valence-electron chi connectivity index (χ4n) is 2.58. The first kappa shape index (κ1) is 19.4. The third kappa shape index (κ3) is 4.43. The van der Waals surface area contributed by atoms with Gasteiger partial charge in [0.15, 0.2) is 11.5 Å². The summed E-state index contributed by atoms with van der Waals surface area (Å²) in [6, 6.07) is 5.73. The van der Waals surface area contributed by atoms with Crippen LogP contribution in [0, 0.1) is 0 Å². The maximum Gasteiger partial charge on any atom is 0.276 e. The van der Waals surface area contributed by atoms with E-state index in [-0.39, 0.29) is 30.7 Å². The monoisotopic (exact) mass is 358 g/mol. The Morgan fingerprint density at radius 2 is 2.26 bits per heavy atom. The molecule has 1 saturated heterocycles. The zero-order chi connectivity index (χ0) is 14.7. The molecule has 8 heteroatoms. The van der Waals surface area contributed by atoms with Crippen LogP contribution in [-0.4, -0.2) is 47.1 Å². The molecule has 3 rings (SSSR count). The number of likely N-dealkylation sites (N-methyl/N-ethyl adjacent to an activating group) is 1. The first-order valence-corrected chi connectivity index (χ1v) is 7.11. The van der Waals surface area contributed by atoms with Gasteiger partial charge in [-0.1, -0.05) is 5.16 Å². The van der Waals surface area contributed by atoms with Crippen molar-refractivity contribution in [1.29, 1.82) is 0 Å². The van der Waals surface area contributed by atoms with Crippen molar-refractivity contribution in [3.63, 3.8) is 0 Å². The van der Waals surface area contributed by atoms with Gasteiger partial charge in [0, 0.05) is 43.2 Å². The number of aromatic nitrogens is 2. The van der Waals surface area contributed by atoms with E-state index in [1.54, 1.807) is 18.5 Å². The van der Waals surface area contributed by atoms with E-state index >= 15 is 0 Å². The normalized spacial score (nSPS) is 17.1. The Hall–Kier alpha value is -1.63. The van der Waals surface area contributed by atoms with Crippen LogP contribution in [0.25, 0.3) is 11.3 Å². The lowest BCUT2D eigenvalue weighted by Gasteiger charge is -2.31. The second-order valence-electron chi connectivity index (χ2n) is 5.20. The summed E-state index contributed by atoms with van der Waals surface area (Å²) in [7, 11) is 1.93. The standard InChI is InChI=1S/C15H18N4O2.2ClH/c1-16-12-5-3-7-19(10-12)15(20)13-8-14(21-18-13)11-4-2-6-17-9-11;;/h2,4,6,8-9,12,16H,3,5,7,10H2,1H3;2*1H. The van der Waals surface area contributed by atoms with Crippen molar-refractivity contribution in [3.8, 4) is 11.3 Å². The lowest BCUT2D eigenvalue weighted by atomic mass is 10.1. The highest BCUT2D eigenvalue weighted by Crippen LogP contribution is 2.20. The second kappa shape index (κ2) is 8.86. The highest BCUT2D eigenvalue weighted by atomic mass is 35.5. The molecule has 6 nitrogen and oxygen atoms in total. The summed E-state index contributed by atoms with van der Waals surface area (Å²) in [6.45, 7) is 1.48. The van der Waals surface area contributed by atoms with Gasteiger partial charge in [-0.3, -0.25) is 9.78 Å². The van der Waals surface area contributed by atoms with Crippen molar-refractivity contribution in [3.05, 3.63) is 36.3 Å². The molecule has 1 aliphatic rings. The number of piperidine rings is 1. The highest BCUT2D eigenvalue weighted by molar-refractivity contribution is 5.93. The van der Waals surface area contributed by atoms with Gasteiger partial charge >= 0.3 is 0 Å². The predicted octanol–water partition coefficient (Wildman–Crippen LogP) is 2.40. The van der Waals surface area contributed by atoms with E-state index in [2.05, 4.69) is 15.5 Å². The molecule has 0 saturated carbocycles. The van der Waals surface area contributed by atoms with Gasteiger partial charge in [0.2, 0.25) is 0 Å². The summed E-state index contributed by atoms with van der Waals surface area (Å²) in [5.41, 5.74) is 1.17. The van der Waals surface area contributed by atoms with E-state index < -0.39 is 0 Å². The van der Waals surface area contributed by atoms with Crippen LogP contribution in [0.5, 0.6) is 0 Å². The van der Waals surface area contributed by atoms with Gasteiger partial charge in [-0.05, 0) is 32.0 Å². The zero-order valence-corrected chi connectivity index (χ0v) is 14.4. The van der Waals surface area contributed by atoms with Crippen molar-refractivity contribution in [2.24, 2.45) is 0 Å². The molecule has 0 bridgehead atoms. The molecule has 0 spiro atoms. The molecule has 1 amide bonds. The molecule has 1 fully saturated rings. The predicted molar refractivity (Wildman–Crippen MR) is 92.2 cm³/mol. The zero-order valence-electron chi connectivity index (χ0n) is 12.8. The third-order valence-electron chi connectivity index (χ3n) is 3.79. The van der Waals surface area contributed by atoms with Crippen LogP contribution in [0.1, 0.15) is 23.3 Å². The molecule has 23 heavy (non-hydrogen) atoms. The number of hydrogen-bond donors (Lipinski definition) is 1. The van der Waals surface area contributed by atoms with Gasteiger partial charge < -0.3 is 14.7 Å². The van der Waals surface area contributed by atoms with Gasteiger partial charge in [0.25, 0.3) is 5.91 Å². The topological polar surface area (TPSA) is 71.3 Å². The summed E-state index contributed by atoms with van der Waals surface area (Å²) in [5.74, 6) is 0.488. The number of carbonyl (C=O) groups is 1. The van der Waals surface area contributed by atoms with E-state index in [0.717, 1.165) is 24.9 Å². The Morgan fingerprint density at radius 3 is 2.96 bits per heavy atom. The number of likely N-dealkylation sites (tertiary alicyclic amines) is 1. The van der Waals surface area contributed by atoms with Gasteiger partial charge in [-0.15, -0.1) is 24.8 Å². The largest absolute Gasteiger partial charge is 0.355 e. The van der Waals surface area contributed by atoms with Gasteiger partial charge in [-0.25, -0.2) is 0 Å². The minimum absolute atomic E-state index is 0. The Morgan fingerprint density at radius 1 is 1.43 bits per heavy atom. The van der Waals surface area contributed by atoms with Crippen LogP contribution in [0.3, 0.4) is 0 Å². The van der Waals surface area contributed by atoms with E-state index in [0.29, 0.717) is 24.0 Å². The lowest BCUT2D eigenvalue weighted by Crippen LogP contribution is -2.47. The van der Waals surface area contributed by atoms with Crippen molar-refractivity contribution in [1.82, 2.24) is 20.4 Å². The van der Waals surface area contributed by atoms with Crippen molar-refractivity contribution >= 4 is 30.7 Å². The van der Waals surface area contributed by atoms with Crippen LogP contribution >= 0.6 is 24.8 Å². The minimum Gasteiger partial charge on any atom is -0.355 e. The molecule has 1 atom stereocenters. The minimum atomic E-state index is -0.0751. The molecule has 126 valence electrons. The smallest absolute Gasteiger partial charge is 0.276 e. The van der Waals surface area contributed by atoms with Crippen LogP contribution in [0.2, 0.25) is 0 Å². The quantitative estimate of drug-likeness (QED) is 0.911. The number of hydrogen-bond acceptors (Lipinski definition) is 5. The highest BCUT2D eigenvalue weighted by Gasteiger charge is 2.25. The number of halogens is 2. The first-order valence-electron chi connectivity index (χ1n) is 7.11. The number of amides is 1. The van der Waals surface area contributed by atoms with Crippen LogP contribution in [-0.2, 0) is 0 Å². The van der Waals surface area contributed by atoms with Crippen molar-refractivity contribution in [2.75, 3.05) is 20.1 Å². The SMILES string of the molecule is CNC1CCCN(C(=O)c2cc(-c3cccnc3)on2)C1.Cl.Cl. The first-order chi connectivity index (χ1) is 10.3. The van der Waals surface area contributed by atoms with Crippen LogP contribution in [0.15, 0.2) is 35.1 Å². The maximum atomic E-state index is 12.5. The van der Waals surface area contributed by atoms with Crippen molar-refractivity contribution < 1.29 is 9.32 Å². The summed E-state index contributed by atoms with van der Waals surface area (Å²) in [6.07, 6.45) is 5.48. The average Bonchev–Trinajstić information content (AvgIpc) is 3.05. The molecule has 3 heterocycles. The maximum absolute atomic E-state index is 12.5. The number of pyridine rings is 1. The molecule has 1 unspecified atom stereocenters. The molecule has 1 aliphatic heterocycles. The Kier molecular flexibility index (Phi) is 7.48. The molecule has 2 aromatic heterocycles. The van der Waals surface area contributed by atoms with E-state index in [4.69, 9.17) is 4.52 Å². The van der Waals surface area contributed by atoms with Gasteiger partial charge in [0.05, 0.1) is 0 Å². The summed E-state index contributed by atoms with van der Waals surface area (Å²) < 4.78 is 5.26. The fourth-order valence-corrected chi connectivity index (χ4v) is 2.58. The number of rotatable bonds is 3. The Balaban J connectivity index is 0.00000132.